The number of nitrogens with zero attached hydrogens (tertiary/aromatic N) is 4. The van der Waals surface area contributed by atoms with Gasteiger partial charge in [0.2, 0.25) is 0 Å². The van der Waals surface area contributed by atoms with Crippen LogP contribution in [0.15, 0.2) is 42.9 Å². The van der Waals surface area contributed by atoms with Crippen molar-refractivity contribution in [2.24, 2.45) is 0 Å². The van der Waals surface area contributed by atoms with Crippen LogP contribution in [0.4, 0.5) is 0 Å². The van der Waals surface area contributed by atoms with Gasteiger partial charge in [0.25, 0.3) is 5.91 Å². The van der Waals surface area contributed by atoms with Gasteiger partial charge in [-0.3, -0.25) is 4.79 Å². The second kappa shape index (κ2) is 9.31. The summed E-state index contributed by atoms with van der Waals surface area (Å²) < 4.78 is 7.80. The molecule has 6 nitrogen and oxygen atoms in total. The van der Waals surface area contributed by atoms with Crippen LogP contribution < -0.4 is 4.74 Å². The maximum absolute atomic E-state index is 13.8. The van der Waals surface area contributed by atoms with E-state index in [-0.39, 0.29) is 5.91 Å². The fraction of sp³-hybridized carbons (Fsp3) is 0.500. The van der Waals surface area contributed by atoms with Gasteiger partial charge in [0.05, 0.1) is 24.5 Å². The van der Waals surface area contributed by atoms with Gasteiger partial charge in [0.1, 0.15) is 5.75 Å². The lowest BCUT2D eigenvalue weighted by Crippen LogP contribution is -2.47. The van der Waals surface area contributed by atoms with E-state index in [0.29, 0.717) is 29.9 Å². The molecule has 0 bridgehead atoms. The molecular formula is C26H32N4O2. The molecule has 168 valence electrons. The van der Waals surface area contributed by atoms with E-state index in [9.17, 15) is 4.79 Å². The van der Waals surface area contributed by atoms with E-state index in [1.54, 1.807) is 13.3 Å². The highest BCUT2D eigenvalue weighted by atomic mass is 16.5. The second-order valence-corrected chi connectivity index (χ2v) is 9.20. The van der Waals surface area contributed by atoms with E-state index in [1.165, 1.54) is 32.1 Å². The van der Waals surface area contributed by atoms with Crippen molar-refractivity contribution < 1.29 is 9.53 Å². The lowest BCUT2D eigenvalue weighted by atomic mass is 9.92. The third-order valence-electron chi connectivity index (χ3n) is 7.16. The molecule has 6 heteroatoms. The standard InChI is InChI=1S/C26H32N4O2/c1-32-24-16-19(17-29-18-28-25-23(29)12-7-15-27-25)13-14-22(24)26(31)30(21-10-5-6-11-21)20-8-3-2-4-9-20/h7,12-16,18,20-21H,2-6,8-11,17H2,1H3. The summed E-state index contributed by atoms with van der Waals surface area (Å²) in [7, 11) is 1.66. The molecule has 0 unspecified atom stereocenters. The van der Waals surface area contributed by atoms with E-state index in [0.717, 1.165) is 42.4 Å². The van der Waals surface area contributed by atoms with Gasteiger partial charge in [-0.2, -0.15) is 0 Å². The number of carbonyl (C=O) groups excluding carboxylic acids is 1. The highest BCUT2D eigenvalue weighted by Crippen LogP contribution is 2.34. The topological polar surface area (TPSA) is 60.2 Å². The van der Waals surface area contributed by atoms with Crippen molar-refractivity contribution >= 4 is 17.1 Å². The molecule has 0 radical (unpaired) electrons. The second-order valence-electron chi connectivity index (χ2n) is 9.20. The maximum Gasteiger partial charge on any atom is 0.258 e. The first-order valence-electron chi connectivity index (χ1n) is 12.0. The summed E-state index contributed by atoms with van der Waals surface area (Å²) in [6.07, 6.45) is 14.3. The zero-order valence-electron chi connectivity index (χ0n) is 18.9. The Morgan fingerprint density at radius 1 is 1.03 bits per heavy atom. The summed E-state index contributed by atoms with van der Waals surface area (Å²) in [6, 6.07) is 10.7. The number of pyridine rings is 1. The lowest BCUT2D eigenvalue weighted by molar-refractivity contribution is 0.0514. The van der Waals surface area contributed by atoms with Crippen molar-refractivity contribution in [3.8, 4) is 5.75 Å². The van der Waals surface area contributed by atoms with Crippen molar-refractivity contribution in [2.75, 3.05) is 7.11 Å². The van der Waals surface area contributed by atoms with Gasteiger partial charge in [0.15, 0.2) is 5.65 Å². The van der Waals surface area contributed by atoms with Crippen molar-refractivity contribution in [3.05, 3.63) is 54.0 Å². The Morgan fingerprint density at radius 3 is 2.47 bits per heavy atom. The number of rotatable bonds is 6. The normalized spacial score (nSPS) is 17.7. The number of ether oxygens (including phenoxy) is 1. The largest absolute Gasteiger partial charge is 0.496 e. The summed E-state index contributed by atoms with van der Waals surface area (Å²) in [5.41, 5.74) is 3.50. The molecule has 0 spiro atoms. The number of carbonyl (C=O) groups is 1. The molecule has 2 aliphatic rings. The van der Waals surface area contributed by atoms with E-state index in [4.69, 9.17) is 4.74 Å². The smallest absolute Gasteiger partial charge is 0.258 e. The number of amides is 1. The Balaban J connectivity index is 1.42. The Labute approximate surface area is 189 Å². The van der Waals surface area contributed by atoms with Crippen molar-refractivity contribution in [1.82, 2.24) is 19.4 Å². The van der Waals surface area contributed by atoms with Crippen LogP contribution in [0, 0.1) is 0 Å². The van der Waals surface area contributed by atoms with Crippen molar-refractivity contribution in [3.63, 3.8) is 0 Å². The number of fused-ring (bicyclic) bond motifs is 1. The number of hydrogen-bond donors (Lipinski definition) is 0. The molecule has 1 aromatic carbocycles. The Kier molecular flexibility index (Phi) is 6.10. The van der Waals surface area contributed by atoms with Gasteiger partial charge in [-0.05, 0) is 55.5 Å². The first-order chi connectivity index (χ1) is 15.7. The molecule has 0 atom stereocenters. The van der Waals surface area contributed by atoms with E-state index in [1.807, 2.05) is 36.7 Å². The average molecular weight is 433 g/mol. The van der Waals surface area contributed by atoms with Crippen molar-refractivity contribution in [1.29, 1.82) is 0 Å². The minimum Gasteiger partial charge on any atom is -0.496 e. The quantitative estimate of drug-likeness (QED) is 0.537. The van der Waals surface area contributed by atoms with Crippen LogP contribution in [0.25, 0.3) is 11.2 Å². The minimum absolute atomic E-state index is 0.143. The fourth-order valence-electron chi connectivity index (χ4n) is 5.54. The number of imidazole rings is 1. The van der Waals surface area contributed by atoms with Gasteiger partial charge in [-0.1, -0.05) is 38.2 Å². The number of methoxy groups -OCH3 is 1. The summed E-state index contributed by atoms with van der Waals surface area (Å²) in [6.45, 7) is 0.655. The average Bonchev–Trinajstić information content (AvgIpc) is 3.51. The number of benzene rings is 1. The van der Waals surface area contributed by atoms with Crippen LogP contribution in [0.1, 0.15) is 73.7 Å². The van der Waals surface area contributed by atoms with E-state index >= 15 is 0 Å². The zero-order valence-corrected chi connectivity index (χ0v) is 18.9. The van der Waals surface area contributed by atoms with Crippen LogP contribution in [-0.4, -0.2) is 44.5 Å². The van der Waals surface area contributed by atoms with Crippen LogP contribution in [0.5, 0.6) is 5.75 Å². The molecule has 2 heterocycles. The van der Waals surface area contributed by atoms with Crippen LogP contribution in [0.2, 0.25) is 0 Å². The van der Waals surface area contributed by atoms with Crippen LogP contribution >= 0.6 is 0 Å². The molecule has 2 aliphatic carbocycles. The zero-order chi connectivity index (χ0) is 21.9. The molecular weight excluding hydrogens is 400 g/mol. The molecule has 5 rings (SSSR count). The van der Waals surface area contributed by atoms with Gasteiger partial charge < -0.3 is 14.2 Å². The van der Waals surface area contributed by atoms with Gasteiger partial charge >= 0.3 is 0 Å². The van der Waals surface area contributed by atoms with E-state index in [2.05, 4.69) is 19.4 Å². The molecule has 3 aromatic rings. The maximum atomic E-state index is 13.8. The number of hydrogen-bond acceptors (Lipinski definition) is 4. The summed E-state index contributed by atoms with van der Waals surface area (Å²) >= 11 is 0. The predicted molar refractivity (Wildman–Crippen MR) is 125 cm³/mol. The predicted octanol–water partition coefficient (Wildman–Crippen LogP) is 5.21. The van der Waals surface area contributed by atoms with Crippen LogP contribution in [-0.2, 0) is 6.54 Å². The van der Waals surface area contributed by atoms with Gasteiger partial charge in [-0.15, -0.1) is 0 Å². The van der Waals surface area contributed by atoms with Crippen LogP contribution in [0.3, 0.4) is 0 Å². The molecule has 2 saturated carbocycles. The Morgan fingerprint density at radius 2 is 1.75 bits per heavy atom. The minimum atomic E-state index is 0.143. The Hall–Kier alpha value is -2.89. The fourth-order valence-corrected chi connectivity index (χ4v) is 5.54. The molecule has 2 aromatic heterocycles. The molecule has 1 amide bonds. The Bertz CT molecular complexity index is 1080. The van der Waals surface area contributed by atoms with E-state index < -0.39 is 0 Å². The lowest BCUT2D eigenvalue weighted by Gasteiger charge is -2.39. The summed E-state index contributed by atoms with van der Waals surface area (Å²) in [5, 5.41) is 0. The van der Waals surface area contributed by atoms with Gasteiger partial charge in [-0.25, -0.2) is 9.97 Å². The SMILES string of the molecule is COc1cc(Cn2cnc3ncccc32)ccc1C(=O)N(C1CCCCC1)C1CCCC1. The monoisotopic (exact) mass is 432 g/mol. The highest BCUT2D eigenvalue weighted by Gasteiger charge is 2.34. The highest BCUT2D eigenvalue weighted by molar-refractivity contribution is 5.97. The first kappa shape index (κ1) is 21.0. The molecule has 0 saturated heterocycles. The third-order valence-corrected chi connectivity index (χ3v) is 7.16. The molecule has 0 N–H and O–H groups in total. The van der Waals surface area contributed by atoms with Gasteiger partial charge in [0, 0.05) is 24.8 Å². The molecule has 32 heavy (non-hydrogen) atoms. The third kappa shape index (κ3) is 4.10. The number of aromatic nitrogens is 3. The van der Waals surface area contributed by atoms with Crippen molar-refractivity contribution in [2.45, 2.75) is 76.4 Å². The summed E-state index contributed by atoms with van der Waals surface area (Å²) in [4.78, 5) is 24.8. The first-order valence-corrected chi connectivity index (χ1v) is 12.0. The summed E-state index contributed by atoms with van der Waals surface area (Å²) in [5.74, 6) is 0.804. The molecule has 2 fully saturated rings. The molecule has 0 aliphatic heterocycles.